The summed E-state index contributed by atoms with van der Waals surface area (Å²) in [6.07, 6.45) is 2.14. The first-order valence-electron chi connectivity index (χ1n) is 9.53. The Morgan fingerprint density at radius 2 is 1.85 bits per heavy atom. The van der Waals surface area contributed by atoms with E-state index in [1.165, 1.54) is 0 Å². The summed E-state index contributed by atoms with van der Waals surface area (Å²) in [5.74, 6) is -1.33. The molecule has 4 aliphatic heterocycles. The smallest absolute Gasteiger partial charge is 0.318 e. The third-order valence-corrected chi connectivity index (χ3v) is 6.12. The van der Waals surface area contributed by atoms with E-state index in [2.05, 4.69) is 10.2 Å². The number of carbonyl (C=O) groups is 1. The summed E-state index contributed by atoms with van der Waals surface area (Å²) in [5, 5.41) is 3.05. The number of carbonyl (C=O) groups excluding carboxylic acids is 1. The van der Waals surface area contributed by atoms with Gasteiger partial charge in [-0.1, -0.05) is 12.1 Å². The number of piperidine rings is 3. The van der Waals surface area contributed by atoms with Crippen molar-refractivity contribution >= 4 is 6.03 Å². The molecule has 5 rings (SSSR count). The van der Waals surface area contributed by atoms with Crippen molar-refractivity contribution < 1.29 is 13.6 Å². The van der Waals surface area contributed by atoms with Gasteiger partial charge in [-0.15, -0.1) is 0 Å². The molecule has 1 aromatic carbocycles. The van der Waals surface area contributed by atoms with Crippen molar-refractivity contribution in [2.45, 2.75) is 57.2 Å². The number of rotatable bonds is 1. The fourth-order valence-corrected chi connectivity index (χ4v) is 5.13. The number of likely N-dealkylation sites (tertiary alicyclic amines) is 1. The van der Waals surface area contributed by atoms with Crippen LogP contribution >= 0.6 is 0 Å². The second kappa shape index (κ2) is 6.19. The molecule has 0 saturated carbocycles. The maximum atomic E-state index is 14.5. The second-order valence-electron chi connectivity index (χ2n) is 8.94. The molecule has 3 atom stereocenters. The number of amides is 2. The van der Waals surface area contributed by atoms with Crippen LogP contribution in [-0.2, 0) is 0 Å². The Kier molecular flexibility index (Phi) is 4.21. The van der Waals surface area contributed by atoms with Crippen LogP contribution in [0.2, 0.25) is 0 Å². The molecule has 4 nitrogen and oxygen atoms in total. The van der Waals surface area contributed by atoms with Crippen LogP contribution in [0.5, 0.6) is 0 Å². The molecule has 0 spiro atoms. The number of hydrogen-bond acceptors (Lipinski definition) is 2. The van der Waals surface area contributed by atoms with E-state index < -0.39 is 11.6 Å². The van der Waals surface area contributed by atoms with E-state index in [1.54, 1.807) is 12.1 Å². The predicted octanol–water partition coefficient (Wildman–Crippen LogP) is 3.33. The zero-order valence-corrected chi connectivity index (χ0v) is 15.6. The molecular formula is C20H27F2N3O. The first kappa shape index (κ1) is 17.7. The summed E-state index contributed by atoms with van der Waals surface area (Å²) in [4.78, 5) is 17.2. The number of nitrogens with zero attached hydrogens (tertiary/aromatic N) is 2. The fourth-order valence-electron chi connectivity index (χ4n) is 5.13. The van der Waals surface area contributed by atoms with Crippen LogP contribution in [0, 0.1) is 17.6 Å². The van der Waals surface area contributed by atoms with Crippen LogP contribution < -0.4 is 5.32 Å². The molecule has 2 bridgehead atoms. The van der Waals surface area contributed by atoms with Crippen molar-refractivity contribution in [3.8, 4) is 0 Å². The normalized spacial score (nSPS) is 33.3. The van der Waals surface area contributed by atoms with Gasteiger partial charge < -0.3 is 10.2 Å². The summed E-state index contributed by atoms with van der Waals surface area (Å²) in [6.45, 7) is 8.27. The Labute approximate surface area is 153 Å². The molecule has 4 aliphatic rings. The van der Waals surface area contributed by atoms with E-state index in [9.17, 15) is 13.6 Å². The van der Waals surface area contributed by atoms with Crippen molar-refractivity contribution in [3.63, 3.8) is 0 Å². The largest absolute Gasteiger partial charge is 0.333 e. The fraction of sp³-hybridized carbons (Fsp3) is 0.650. The van der Waals surface area contributed by atoms with Gasteiger partial charge in [0.15, 0.2) is 11.6 Å². The number of nitrogens with one attached hydrogen (secondary N) is 1. The van der Waals surface area contributed by atoms with E-state index in [4.69, 9.17) is 0 Å². The van der Waals surface area contributed by atoms with Gasteiger partial charge in [-0.2, -0.15) is 0 Å². The zero-order valence-electron chi connectivity index (χ0n) is 15.6. The first-order chi connectivity index (χ1) is 12.3. The van der Waals surface area contributed by atoms with Crippen molar-refractivity contribution in [1.29, 1.82) is 0 Å². The number of fused-ring (bicyclic) bond motifs is 2. The molecule has 2 amide bonds. The number of hydrogen-bond donors (Lipinski definition) is 1. The lowest BCUT2D eigenvalue weighted by atomic mass is 9.75. The summed E-state index contributed by atoms with van der Waals surface area (Å²) in [6, 6.07) is 4.45. The van der Waals surface area contributed by atoms with Crippen LogP contribution in [0.15, 0.2) is 18.2 Å². The van der Waals surface area contributed by atoms with Crippen LogP contribution in [0.1, 0.15) is 45.1 Å². The Morgan fingerprint density at radius 1 is 1.15 bits per heavy atom. The minimum atomic E-state index is -0.812. The molecule has 26 heavy (non-hydrogen) atoms. The highest BCUT2D eigenvalue weighted by molar-refractivity contribution is 5.76. The SMILES string of the molecule is CC(C)(C)NC(=O)N1C[C@@H](c2cccc(F)c2F)[C@@H]2[C@H]1C1CCN2CC1. The van der Waals surface area contributed by atoms with Crippen LogP contribution in [0.25, 0.3) is 0 Å². The molecule has 0 aromatic heterocycles. The molecular weight excluding hydrogens is 336 g/mol. The van der Waals surface area contributed by atoms with Gasteiger partial charge in [0.25, 0.3) is 0 Å². The van der Waals surface area contributed by atoms with Gasteiger partial charge in [0.05, 0.1) is 6.04 Å². The zero-order chi connectivity index (χ0) is 18.6. The van der Waals surface area contributed by atoms with Crippen molar-refractivity contribution in [2.75, 3.05) is 19.6 Å². The van der Waals surface area contributed by atoms with Gasteiger partial charge in [0.2, 0.25) is 0 Å². The average molecular weight is 363 g/mol. The number of benzene rings is 1. The Balaban J connectivity index is 1.70. The van der Waals surface area contributed by atoms with E-state index >= 15 is 0 Å². The Bertz CT molecular complexity index is 709. The molecule has 6 heteroatoms. The second-order valence-corrected chi connectivity index (χ2v) is 8.94. The maximum absolute atomic E-state index is 14.5. The highest BCUT2D eigenvalue weighted by atomic mass is 19.2. The maximum Gasteiger partial charge on any atom is 0.318 e. The van der Waals surface area contributed by atoms with Gasteiger partial charge in [-0.25, -0.2) is 13.6 Å². The molecule has 1 N–H and O–H groups in total. The van der Waals surface area contributed by atoms with E-state index in [0.717, 1.165) is 32.0 Å². The van der Waals surface area contributed by atoms with Gasteiger partial charge in [0, 0.05) is 24.0 Å². The summed E-state index contributed by atoms with van der Waals surface area (Å²) >= 11 is 0. The summed E-state index contributed by atoms with van der Waals surface area (Å²) < 4.78 is 28.4. The number of urea groups is 1. The van der Waals surface area contributed by atoms with Gasteiger partial charge in [0.1, 0.15) is 0 Å². The average Bonchev–Trinajstić information content (AvgIpc) is 3.00. The van der Waals surface area contributed by atoms with Crippen molar-refractivity contribution in [1.82, 2.24) is 15.1 Å². The molecule has 4 saturated heterocycles. The standard InChI is InChI=1S/C20H27F2N3O/c1-20(2,3)23-19(26)25-11-14(13-5-4-6-15(21)16(13)22)18-17(25)12-7-9-24(18)10-8-12/h4-6,12,14,17-18H,7-11H2,1-3H3,(H,23,26)/t14-,17+,18+/m0/s1. The lowest BCUT2D eigenvalue weighted by Crippen LogP contribution is -2.62. The molecule has 0 unspecified atom stereocenters. The topological polar surface area (TPSA) is 35.6 Å². The predicted molar refractivity (Wildman–Crippen MR) is 96.0 cm³/mol. The first-order valence-corrected chi connectivity index (χ1v) is 9.53. The highest BCUT2D eigenvalue weighted by Gasteiger charge is 2.55. The molecule has 1 aromatic rings. The van der Waals surface area contributed by atoms with Crippen LogP contribution in [0.3, 0.4) is 0 Å². The molecule has 0 radical (unpaired) electrons. The van der Waals surface area contributed by atoms with Crippen molar-refractivity contribution in [2.24, 2.45) is 5.92 Å². The Hall–Kier alpha value is -1.69. The molecule has 0 aliphatic carbocycles. The number of halogens is 2. The van der Waals surface area contributed by atoms with Gasteiger partial charge >= 0.3 is 6.03 Å². The minimum Gasteiger partial charge on any atom is -0.333 e. The van der Waals surface area contributed by atoms with Gasteiger partial charge in [-0.05, 0) is 64.3 Å². The van der Waals surface area contributed by atoms with Gasteiger partial charge in [-0.3, -0.25) is 4.90 Å². The third kappa shape index (κ3) is 2.88. The molecule has 4 fully saturated rings. The lowest BCUT2D eigenvalue weighted by Gasteiger charge is -2.51. The van der Waals surface area contributed by atoms with E-state index in [0.29, 0.717) is 18.0 Å². The van der Waals surface area contributed by atoms with E-state index in [-0.39, 0.29) is 29.6 Å². The quantitative estimate of drug-likeness (QED) is 0.831. The molecule has 4 heterocycles. The minimum absolute atomic E-state index is 0.0736. The van der Waals surface area contributed by atoms with Crippen LogP contribution in [0.4, 0.5) is 13.6 Å². The Morgan fingerprint density at radius 3 is 2.50 bits per heavy atom. The third-order valence-electron chi connectivity index (χ3n) is 6.12. The van der Waals surface area contributed by atoms with Crippen molar-refractivity contribution in [3.05, 3.63) is 35.4 Å². The summed E-state index contributed by atoms with van der Waals surface area (Å²) in [5.41, 5.74) is 0.0709. The summed E-state index contributed by atoms with van der Waals surface area (Å²) in [7, 11) is 0. The highest BCUT2D eigenvalue weighted by Crippen LogP contribution is 2.47. The lowest BCUT2D eigenvalue weighted by molar-refractivity contribution is 0.00273. The van der Waals surface area contributed by atoms with E-state index in [1.807, 2.05) is 25.7 Å². The van der Waals surface area contributed by atoms with Crippen LogP contribution in [-0.4, -0.2) is 53.1 Å². The molecule has 142 valence electrons. The monoisotopic (exact) mass is 363 g/mol.